The summed E-state index contributed by atoms with van der Waals surface area (Å²) in [6, 6.07) is 14.7. The average molecular weight is 447 g/mol. The Kier molecular flexibility index (Phi) is 7.88. The molecule has 33 heavy (non-hydrogen) atoms. The molecule has 2 aromatic carbocycles. The van der Waals surface area contributed by atoms with Gasteiger partial charge in [0.2, 0.25) is 5.91 Å². The number of pyridine rings is 1. The largest absolute Gasteiger partial charge is 0.507 e. The Morgan fingerprint density at radius 1 is 1.00 bits per heavy atom. The van der Waals surface area contributed by atoms with Gasteiger partial charge in [-0.25, -0.2) is 0 Å². The van der Waals surface area contributed by atoms with Crippen LogP contribution in [0.4, 0.5) is 0 Å². The molecule has 1 aliphatic rings. The minimum Gasteiger partial charge on any atom is -0.507 e. The number of phenolic OH excluding ortho intramolecular Hbond substituents is 1. The van der Waals surface area contributed by atoms with Crippen LogP contribution in [0, 0.1) is 6.92 Å². The minimum absolute atomic E-state index is 0.0129. The van der Waals surface area contributed by atoms with Crippen molar-refractivity contribution in [2.45, 2.75) is 19.4 Å². The summed E-state index contributed by atoms with van der Waals surface area (Å²) in [6.45, 7) is 3.58. The highest BCUT2D eigenvalue weighted by atomic mass is 16.3. The van der Waals surface area contributed by atoms with Gasteiger partial charge in [-0.1, -0.05) is 24.3 Å². The molecule has 1 saturated heterocycles. The number of hydrogen-bond acceptors (Lipinski definition) is 6. The van der Waals surface area contributed by atoms with Gasteiger partial charge >= 0.3 is 0 Å². The number of phenols is 1. The number of rotatable bonds is 5. The summed E-state index contributed by atoms with van der Waals surface area (Å²) >= 11 is 0. The Balaban J connectivity index is 0.000000194. The number of aromatic hydroxyl groups is 1. The lowest BCUT2D eigenvalue weighted by atomic mass is 9.99. The molecule has 1 atom stereocenters. The number of amides is 2. The second-order valence-electron chi connectivity index (χ2n) is 7.64. The molecule has 4 rings (SSSR count). The van der Waals surface area contributed by atoms with Crippen LogP contribution < -0.4 is 16.4 Å². The zero-order chi connectivity index (χ0) is 23.8. The first-order chi connectivity index (χ1) is 15.9. The third-order valence-corrected chi connectivity index (χ3v) is 5.25. The minimum atomic E-state index is -0.544. The van der Waals surface area contributed by atoms with Gasteiger partial charge in [-0.05, 0) is 55.8 Å². The van der Waals surface area contributed by atoms with E-state index >= 15 is 0 Å². The van der Waals surface area contributed by atoms with Crippen LogP contribution in [0.5, 0.6) is 5.75 Å². The van der Waals surface area contributed by atoms with E-state index in [1.807, 2.05) is 0 Å². The zero-order valence-electron chi connectivity index (χ0n) is 18.2. The van der Waals surface area contributed by atoms with Gasteiger partial charge in [0.1, 0.15) is 5.75 Å². The predicted octanol–water partition coefficient (Wildman–Crippen LogP) is 2.20. The first-order valence-electron chi connectivity index (χ1n) is 10.5. The van der Waals surface area contributed by atoms with E-state index in [1.54, 1.807) is 49.6 Å². The summed E-state index contributed by atoms with van der Waals surface area (Å²) in [4.78, 5) is 38.7. The number of carbonyl (C=O) groups excluding carboxylic acids is 3. The summed E-state index contributed by atoms with van der Waals surface area (Å²) in [6.07, 6.45) is 4.26. The Hall–Kier alpha value is -4.04. The number of primary amides is 1. The molecular formula is C25H26N4O4. The Morgan fingerprint density at radius 2 is 1.67 bits per heavy atom. The van der Waals surface area contributed by atoms with Gasteiger partial charge in [-0.3, -0.25) is 19.4 Å². The van der Waals surface area contributed by atoms with E-state index in [0.717, 1.165) is 19.5 Å². The maximum absolute atomic E-state index is 12.2. The number of aromatic nitrogens is 1. The summed E-state index contributed by atoms with van der Waals surface area (Å²) < 4.78 is 0. The van der Waals surface area contributed by atoms with Gasteiger partial charge in [-0.2, -0.15) is 0 Å². The van der Waals surface area contributed by atoms with Crippen LogP contribution in [-0.2, 0) is 0 Å². The summed E-state index contributed by atoms with van der Waals surface area (Å²) in [5.74, 6) is -0.873. The SMILES string of the molecule is Cc1cccc(C(=O)c2ccc(C(N)=O)cc2)c1O.O=C(NC1CCNC1)c1ccncc1. The van der Waals surface area contributed by atoms with Crippen molar-refractivity contribution >= 4 is 17.6 Å². The molecule has 0 radical (unpaired) electrons. The molecule has 1 aromatic heterocycles. The average Bonchev–Trinajstić information content (AvgIpc) is 3.34. The van der Waals surface area contributed by atoms with Gasteiger partial charge in [0.25, 0.3) is 5.91 Å². The van der Waals surface area contributed by atoms with Crippen molar-refractivity contribution in [2.75, 3.05) is 13.1 Å². The van der Waals surface area contributed by atoms with Crippen LogP contribution >= 0.6 is 0 Å². The van der Waals surface area contributed by atoms with E-state index in [1.165, 1.54) is 24.3 Å². The van der Waals surface area contributed by atoms with E-state index in [-0.39, 0.29) is 29.0 Å². The zero-order valence-corrected chi connectivity index (χ0v) is 18.2. The lowest BCUT2D eigenvalue weighted by molar-refractivity contribution is 0.0938. The van der Waals surface area contributed by atoms with Crippen molar-refractivity contribution in [3.8, 4) is 5.75 Å². The maximum Gasteiger partial charge on any atom is 0.251 e. The fraction of sp³-hybridized carbons (Fsp3) is 0.200. The van der Waals surface area contributed by atoms with Crippen molar-refractivity contribution in [1.82, 2.24) is 15.6 Å². The second-order valence-corrected chi connectivity index (χ2v) is 7.64. The van der Waals surface area contributed by atoms with Crippen LogP contribution in [-0.4, -0.2) is 46.8 Å². The van der Waals surface area contributed by atoms with Crippen LogP contribution in [0.25, 0.3) is 0 Å². The van der Waals surface area contributed by atoms with Gasteiger partial charge in [0, 0.05) is 41.7 Å². The number of hydrogen-bond donors (Lipinski definition) is 4. The monoisotopic (exact) mass is 446 g/mol. The third kappa shape index (κ3) is 6.24. The molecule has 2 heterocycles. The quantitative estimate of drug-likeness (QED) is 0.444. The molecule has 1 unspecified atom stereocenters. The Bertz CT molecular complexity index is 1120. The molecule has 1 fully saturated rings. The van der Waals surface area contributed by atoms with Crippen LogP contribution in [0.3, 0.4) is 0 Å². The van der Waals surface area contributed by atoms with Crippen molar-refractivity contribution in [3.63, 3.8) is 0 Å². The molecule has 170 valence electrons. The van der Waals surface area contributed by atoms with E-state index in [9.17, 15) is 19.5 Å². The topological polar surface area (TPSA) is 134 Å². The number of carbonyl (C=O) groups is 3. The highest BCUT2D eigenvalue weighted by molar-refractivity contribution is 6.11. The predicted molar refractivity (Wildman–Crippen MR) is 124 cm³/mol. The molecule has 8 heteroatoms. The third-order valence-electron chi connectivity index (χ3n) is 5.25. The van der Waals surface area contributed by atoms with E-state index in [2.05, 4.69) is 15.6 Å². The van der Waals surface area contributed by atoms with Gasteiger partial charge in [0.15, 0.2) is 5.78 Å². The molecule has 0 aliphatic carbocycles. The van der Waals surface area contributed by atoms with Gasteiger partial charge in [-0.15, -0.1) is 0 Å². The van der Waals surface area contributed by atoms with Gasteiger partial charge < -0.3 is 21.5 Å². The van der Waals surface area contributed by atoms with Crippen LogP contribution in [0.15, 0.2) is 67.0 Å². The molecule has 1 aliphatic heterocycles. The lowest BCUT2D eigenvalue weighted by Gasteiger charge is -2.10. The van der Waals surface area contributed by atoms with E-state index < -0.39 is 5.91 Å². The fourth-order valence-electron chi connectivity index (χ4n) is 3.33. The van der Waals surface area contributed by atoms with Crippen molar-refractivity contribution < 1.29 is 19.5 Å². The fourth-order valence-corrected chi connectivity index (χ4v) is 3.33. The molecule has 2 amide bonds. The number of ketones is 1. The summed E-state index contributed by atoms with van der Waals surface area (Å²) in [5, 5.41) is 16.0. The second kappa shape index (κ2) is 11.0. The van der Waals surface area contributed by atoms with Crippen LogP contribution in [0.2, 0.25) is 0 Å². The maximum atomic E-state index is 12.2. The number of nitrogens with zero attached hydrogens (tertiary/aromatic N) is 1. The first-order valence-corrected chi connectivity index (χ1v) is 10.5. The number of para-hydroxylation sites is 1. The van der Waals surface area contributed by atoms with Gasteiger partial charge in [0.05, 0.1) is 5.56 Å². The standard InChI is InChI=1S/C15H13NO3.C10H13N3O/c1-9-3-2-4-12(13(9)17)14(18)10-5-7-11(8-6-10)15(16)19;14-10(8-1-4-11-5-2-8)13-9-3-6-12-7-9/h2-8,17H,1H3,(H2,16,19);1-2,4-5,9,12H,3,6-7H2,(H,13,14). The summed E-state index contributed by atoms with van der Waals surface area (Å²) in [5.41, 5.74) is 7.42. The van der Waals surface area contributed by atoms with E-state index in [4.69, 9.17) is 5.73 Å². The molecule has 3 aromatic rings. The molecular weight excluding hydrogens is 420 g/mol. The van der Waals surface area contributed by atoms with Crippen molar-refractivity contribution in [1.29, 1.82) is 0 Å². The highest BCUT2D eigenvalue weighted by Crippen LogP contribution is 2.24. The lowest BCUT2D eigenvalue weighted by Crippen LogP contribution is -2.36. The molecule has 8 nitrogen and oxygen atoms in total. The highest BCUT2D eigenvalue weighted by Gasteiger charge is 2.17. The molecule has 0 bridgehead atoms. The number of nitrogens with two attached hydrogens (primary N) is 1. The smallest absolute Gasteiger partial charge is 0.251 e. The van der Waals surface area contributed by atoms with Crippen molar-refractivity contribution in [2.24, 2.45) is 5.73 Å². The van der Waals surface area contributed by atoms with Crippen molar-refractivity contribution in [3.05, 3.63) is 94.8 Å². The molecule has 0 spiro atoms. The number of nitrogens with one attached hydrogen (secondary N) is 2. The van der Waals surface area contributed by atoms with Crippen LogP contribution in [0.1, 0.15) is 48.6 Å². The number of benzene rings is 2. The Labute approximate surface area is 191 Å². The number of aryl methyl sites for hydroxylation is 1. The molecule has 5 N–H and O–H groups in total. The first kappa shape index (κ1) is 23.6. The Morgan fingerprint density at radius 3 is 2.27 bits per heavy atom. The van der Waals surface area contributed by atoms with E-state index in [0.29, 0.717) is 22.3 Å². The molecule has 0 saturated carbocycles. The normalized spacial score (nSPS) is 14.6. The summed E-state index contributed by atoms with van der Waals surface area (Å²) in [7, 11) is 0.